The van der Waals surface area contributed by atoms with Crippen LogP contribution >= 0.6 is 15.9 Å². The van der Waals surface area contributed by atoms with Crippen molar-refractivity contribution in [2.75, 3.05) is 6.54 Å². The lowest BCUT2D eigenvalue weighted by Crippen LogP contribution is -2.26. The topological polar surface area (TPSA) is 90.1 Å². The van der Waals surface area contributed by atoms with Gasteiger partial charge in [0.15, 0.2) is 0 Å². The summed E-state index contributed by atoms with van der Waals surface area (Å²) in [6.45, 7) is 0.424. The van der Waals surface area contributed by atoms with E-state index in [4.69, 9.17) is 0 Å². The summed E-state index contributed by atoms with van der Waals surface area (Å²) < 4.78 is 2.25. The Kier molecular flexibility index (Phi) is 4.69. The summed E-state index contributed by atoms with van der Waals surface area (Å²) in [4.78, 5) is 22.3. The number of nitrogens with zero attached hydrogens (tertiary/aromatic N) is 3. The Balaban J connectivity index is 2.01. The second-order valence-electron chi connectivity index (χ2n) is 4.37. The number of hydrogen-bond acceptors (Lipinski definition) is 4. The number of nitrogens with one attached hydrogen (secondary N) is 1. The van der Waals surface area contributed by atoms with Crippen molar-refractivity contribution in [2.45, 2.75) is 6.42 Å². The maximum atomic E-state index is 12.1. The van der Waals surface area contributed by atoms with Crippen LogP contribution in [0.3, 0.4) is 0 Å². The molecular formula is C13H13BrN4O3. The number of aryl methyl sites for hydroxylation is 1. The molecular weight excluding hydrogens is 340 g/mol. The standard InChI is InChI=1S/C13H13BrN4O3/c1-17-9(5-7-16-17)4-6-15-13(19)11-8-10(18(20)21)2-3-12(11)14/h2-3,5,7-8H,4,6H2,1H3,(H,15,19). The van der Waals surface area contributed by atoms with Gasteiger partial charge in [-0.25, -0.2) is 0 Å². The molecule has 0 bridgehead atoms. The van der Waals surface area contributed by atoms with Gasteiger partial charge in [0.2, 0.25) is 0 Å². The van der Waals surface area contributed by atoms with E-state index in [-0.39, 0.29) is 17.2 Å². The summed E-state index contributed by atoms with van der Waals surface area (Å²) in [5.74, 6) is -0.354. The molecule has 1 aromatic heterocycles. The second-order valence-corrected chi connectivity index (χ2v) is 5.23. The van der Waals surface area contributed by atoms with Crippen LogP contribution in [0, 0.1) is 10.1 Å². The fourth-order valence-electron chi connectivity index (χ4n) is 1.85. The number of benzene rings is 1. The van der Waals surface area contributed by atoms with Crippen LogP contribution in [-0.2, 0) is 13.5 Å². The van der Waals surface area contributed by atoms with Crippen LogP contribution in [0.4, 0.5) is 5.69 Å². The molecule has 0 spiro atoms. The van der Waals surface area contributed by atoms with Crippen molar-refractivity contribution in [3.63, 3.8) is 0 Å². The van der Waals surface area contributed by atoms with Crippen molar-refractivity contribution < 1.29 is 9.72 Å². The zero-order chi connectivity index (χ0) is 15.4. The maximum Gasteiger partial charge on any atom is 0.270 e. The Morgan fingerprint density at radius 1 is 1.48 bits per heavy atom. The molecule has 7 nitrogen and oxygen atoms in total. The highest BCUT2D eigenvalue weighted by Gasteiger charge is 2.15. The van der Waals surface area contributed by atoms with E-state index in [9.17, 15) is 14.9 Å². The third-order valence-corrected chi connectivity index (χ3v) is 3.69. The highest BCUT2D eigenvalue weighted by atomic mass is 79.9. The van der Waals surface area contributed by atoms with Crippen molar-refractivity contribution in [1.29, 1.82) is 0 Å². The summed E-state index contributed by atoms with van der Waals surface area (Å²) >= 11 is 3.22. The first kappa shape index (κ1) is 15.2. The highest BCUT2D eigenvalue weighted by molar-refractivity contribution is 9.10. The number of halogens is 1. The number of amides is 1. The van der Waals surface area contributed by atoms with E-state index in [1.807, 2.05) is 13.1 Å². The first-order valence-electron chi connectivity index (χ1n) is 6.18. The van der Waals surface area contributed by atoms with Gasteiger partial charge in [0, 0.05) is 48.5 Å². The van der Waals surface area contributed by atoms with Crippen LogP contribution in [0.15, 0.2) is 34.9 Å². The van der Waals surface area contributed by atoms with Gasteiger partial charge >= 0.3 is 0 Å². The number of rotatable bonds is 5. The van der Waals surface area contributed by atoms with Gasteiger partial charge in [0.1, 0.15) is 0 Å². The molecule has 0 radical (unpaired) electrons. The van der Waals surface area contributed by atoms with Gasteiger partial charge in [-0.1, -0.05) is 0 Å². The normalized spacial score (nSPS) is 10.4. The molecule has 0 atom stereocenters. The molecule has 2 rings (SSSR count). The third-order valence-electron chi connectivity index (χ3n) is 2.99. The molecule has 1 heterocycles. The first-order valence-corrected chi connectivity index (χ1v) is 6.97. The Morgan fingerprint density at radius 3 is 2.86 bits per heavy atom. The Labute approximate surface area is 129 Å². The van der Waals surface area contributed by atoms with E-state index in [0.717, 1.165) is 5.69 Å². The lowest BCUT2D eigenvalue weighted by molar-refractivity contribution is -0.384. The molecule has 2 aromatic rings. The molecule has 1 N–H and O–H groups in total. The van der Waals surface area contributed by atoms with Gasteiger partial charge in [-0.2, -0.15) is 5.10 Å². The predicted molar refractivity (Wildman–Crippen MR) is 80.0 cm³/mol. The minimum atomic E-state index is -0.529. The predicted octanol–water partition coefficient (Wildman–Crippen LogP) is 2.06. The minimum Gasteiger partial charge on any atom is -0.352 e. The van der Waals surface area contributed by atoms with E-state index in [0.29, 0.717) is 17.4 Å². The number of carbonyl (C=O) groups is 1. The average molecular weight is 353 g/mol. The molecule has 0 saturated heterocycles. The van der Waals surface area contributed by atoms with Crippen LogP contribution < -0.4 is 5.32 Å². The van der Waals surface area contributed by atoms with Crippen molar-refractivity contribution in [3.05, 3.63) is 56.3 Å². The number of nitro groups is 1. The summed E-state index contributed by atoms with van der Waals surface area (Å²) in [6, 6.07) is 5.96. The van der Waals surface area contributed by atoms with Crippen LogP contribution in [-0.4, -0.2) is 27.2 Å². The fourth-order valence-corrected chi connectivity index (χ4v) is 2.27. The van der Waals surface area contributed by atoms with Gasteiger partial charge in [0.05, 0.1) is 10.5 Å². The van der Waals surface area contributed by atoms with E-state index >= 15 is 0 Å². The number of carbonyl (C=O) groups excluding carboxylic acids is 1. The average Bonchev–Trinajstić information content (AvgIpc) is 2.84. The monoisotopic (exact) mass is 352 g/mol. The Bertz CT molecular complexity index is 684. The van der Waals surface area contributed by atoms with Crippen molar-refractivity contribution >= 4 is 27.5 Å². The number of nitro benzene ring substituents is 1. The molecule has 1 aromatic carbocycles. The molecule has 0 aliphatic carbocycles. The number of aromatic nitrogens is 2. The lowest BCUT2D eigenvalue weighted by atomic mass is 10.2. The molecule has 21 heavy (non-hydrogen) atoms. The smallest absolute Gasteiger partial charge is 0.270 e. The lowest BCUT2D eigenvalue weighted by Gasteiger charge is -2.07. The molecule has 0 unspecified atom stereocenters. The van der Waals surface area contributed by atoms with Crippen LogP contribution in [0.1, 0.15) is 16.1 Å². The minimum absolute atomic E-state index is 0.116. The first-order chi connectivity index (χ1) is 9.99. The van der Waals surface area contributed by atoms with Crippen molar-refractivity contribution in [3.8, 4) is 0 Å². The summed E-state index contributed by atoms with van der Waals surface area (Å²) in [7, 11) is 1.83. The zero-order valence-electron chi connectivity index (χ0n) is 11.2. The summed E-state index contributed by atoms with van der Waals surface area (Å²) in [5.41, 5.74) is 1.12. The van der Waals surface area contributed by atoms with E-state index in [1.54, 1.807) is 10.9 Å². The largest absolute Gasteiger partial charge is 0.352 e. The van der Waals surface area contributed by atoms with Crippen LogP contribution in [0.5, 0.6) is 0 Å². The Morgan fingerprint density at radius 2 is 2.24 bits per heavy atom. The zero-order valence-corrected chi connectivity index (χ0v) is 12.8. The van der Waals surface area contributed by atoms with Crippen molar-refractivity contribution in [2.24, 2.45) is 7.05 Å². The van der Waals surface area contributed by atoms with Crippen LogP contribution in [0.25, 0.3) is 0 Å². The molecule has 110 valence electrons. The molecule has 0 aliphatic rings. The highest BCUT2D eigenvalue weighted by Crippen LogP contribution is 2.22. The van der Waals surface area contributed by atoms with Gasteiger partial charge in [-0.05, 0) is 28.1 Å². The number of hydrogen-bond donors (Lipinski definition) is 1. The van der Waals surface area contributed by atoms with Crippen LogP contribution in [0.2, 0.25) is 0 Å². The number of non-ortho nitro benzene ring substituents is 1. The van der Waals surface area contributed by atoms with Gasteiger partial charge in [-0.15, -0.1) is 0 Å². The summed E-state index contributed by atoms with van der Waals surface area (Å²) in [5, 5.41) is 17.5. The molecule has 0 aliphatic heterocycles. The van der Waals surface area contributed by atoms with E-state index in [2.05, 4.69) is 26.3 Å². The molecule has 0 saturated carbocycles. The SMILES string of the molecule is Cn1nccc1CCNC(=O)c1cc([N+](=O)[O-])ccc1Br. The fraction of sp³-hybridized carbons (Fsp3) is 0.231. The molecule has 0 fully saturated rings. The van der Waals surface area contributed by atoms with Gasteiger partial charge in [0.25, 0.3) is 11.6 Å². The second kappa shape index (κ2) is 6.49. The molecule has 8 heteroatoms. The van der Waals surface area contributed by atoms with Gasteiger partial charge < -0.3 is 5.32 Å². The van der Waals surface area contributed by atoms with Gasteiger partial charge in [-0.3, -0.25) is 19.6 Å². The quantitative estimate of drug-likeness (QED) is 0.658. The van der Waals surface area contributed by atoms with E-state index < -0.39 is 4.92 Å². The Hall–Kier alpha value is -2.22. The maximum absolute atomic E-state index is 12.1. The third kappa shape index (κ3) is 3.66. The van der Waals surface area contributed by atoms with Crippen molar-refractivity contribution in [1.82, 2.24) is 15.1 Å². The van der Waals surface area contributed by atoms with E-state index in [1.165, 1.54) is 18.2 Å². The molecule has 1 amide bonds. The summed E-state index contributed by atoms with van der Waals surface area (Å²) in [6.07, 6.45) is 2.32.